The molecule has 9 nitrogen and oxygen atoms in total. The summed E-state index contributed by atoms with van der Waals surface area (Å²) in [5.41, 5.74) is 2.95. The quantitative estimate of drug-likeness (QED) is 0.329. The van der Waals surface area contributed by atoms with Crippen LogP contribution in [0.25, 0.3) is 32.9 Å². The van der Waals surface area contributed by atoms with Crippen molar-refractivity contribution >= 4 is 51.1 Å². The summed E-state index contributed by atoms with van der Waals surface area (Å²) in [7, 11) is 5.95. The van der Waals surface area contributed by atoms with Crippen LogP contribution in [0.1, 0.15) is 12.5 Å². The van der Waals surface area contributed by atoms with Crippen LogP contribution in [0.4, 0.5) is 16.2 Å². The van der Waals surface area contributed by atoms with E-state index in [4.69, 9.17) is 21.6 Å². The molecule has 0 N–H and O–H groups in total. The second-order valence-corrected chi connectivity index (χ2v) is 11.7. The van der Waals surface area contributed by atoms with Crippen molar-refractivity contribution in [2.45, 2.75) is 25.9 Å². The van der Waals surface area contributed by atoms with Crippen LogP contribution in [-0.2, 0) is 11.8 Å². The first kappa shape index (κ1) is 27.4. The largest absolute Gasteiger partial charge is 0.352 e. The van der Waals surface area contributed by atoms with Crippen LogP contribution >= 0.6 is 11.6 Å². The van der Waals surface area contributed by atoms with Gasteiger partial charge in [-0.15, -0.1) is 0 Å². The number of halogens is 2. The Kier molecular flexibility index (Phi) is 6.86. The number of amides is 1. The molecule has 1 atom stereocenters. The standard InChI is InChI=1S/C30H34ClFN8O/c1-7-23(41)40-11-10-38(14-18(40)3)29-21-12-22(31)25(24-17(2)8-9-19-13-33-37(6)28(19)24)26(32)27(21)34-30(35-29)39-15-20(16-39)36(4)5/h7-9,12-13,18,20H,1,10-11,14-16H2,2-6H3/t18-/m1/s1. The highest BCUT2D eigenvalue weighted by Crippen LogP contribution is 2.43. The maximum atomic E-state index is 16.9. The van der Waals surface area contributed by atoms with E-state index in [0.717, 1.165) is 29.6 Å². The summed E-state index contributed by atoms with van der Waals surface area (Å²) in [6.07, 6.45) is 3.11. The third-order valence-electron chi connectivity index (χ3n) is 8.47. The van der Waals surface area contributed by atoms with Gasteiger partial charge in [0.15, 0.2) is 5.82 Å². The van der Waals surface area contributed by atoms with Crippen LogP contribution < -0.4 is 9.80 Å². The van der Waals surface area contributed by atoms with Crippen molar-refractivity contribution in [2.24, 2.45) is 7.05 Å². The van der Waals surface area contributed by atoms with E-state index >= 15 is 4.39 Å². The summed E-state index contributed by atoms with van der Waals surface area (Å²) in [6.45, 7) is 10.7. The van der Waals surface area contributed by atoms with Gasteiger partial charge in [0.1, 0.15) is 11.3 Å². The molecule has 0 spiro atoms. The minimum atomic E-state index is -0.479. The Morgan fingerprint density at radius 2 is 1.90 bits per heavy atom. The first-order valence-corrected chi connectivity index (χ1v) is 14.2. The van der Waals surface area contributed by atoms with Gasteiger partial charge in [-0.1, -0.05) is 30.3 Å². The fourth-order valence-electron chi connectivity index (χ4n) is 6.00. The van der Waals surface area contributed by atoms with E-state index in [2.05, 4.69) is 40.5 Å². The van der Waals surface area contributed by atoms with Gasteiger partial charge in [0.05, 0.1) is 16.7 Å². The summed E-state index contributed by atoms with van der Waals surface area (Å²) in [4.78, 5) is 30.3. The van der Waals surface area contributed by atoms with Gasteiger partial charge >= 0.3 is 0 Å². The van der Waals surface area contributed by atoms with E-state index in [0.29, 0.717) is 54.0 Å². The van der Waals surface area contributed by atoms with Gasteiger partial charge in [-0.3, -0.25) is 9.48 Å². The van der Waals surface area contributed by atoms with Crippen molar-refractivity contribution in [3.8, 4) is 11.1 Å². The highest BCUT2D eigenvalue weighted by atomic mass is 35.5. The van der Waals surface area contributed by atoms with Crippen molar-refractivity contribution < 1.29 is 9.18 Å². The molecule has 0 aliphatic carbocycles. The van der Waals surface area contributed by atoms with Crippen molar-refractivity contribution in [3.05, 3.63) is 53.5 Å². The maximum Gasteiger partial charge on any atom is 0.246 e. The predicted octanol–water partition coefficient (Wildman–Crippen LogP) is 4.26. The Labute approximate surface area is 243 Å². The summed E-state index contributed by atoms with van der Waals surface area (Å²) >= 11 is 6.93. The van der Waals surface area contributed by atoms with Gasteiger partial charge in [0, 0.05) is 73.8 Å². The number of anilines is 2. The van der Waals surface area contributed by atoms with Gasteiger partial charge in [-0.05, 0) is 45.6 Å². The van der Waals surface area contributed by atoms with Crippen LogP contribution in [0.5, 0.6) is 0 Å². The van der Waals surface area contributed by atoms with Crippen molar-refractivity contribution in [1.29, 1.82) is 0 Å². The third-order valence-corrected chi connectivity index (χ3v) is 8.77. The molecule has 2 aromatic carbocycles. The Bertz CT molecular complexity index is 1700. The molecule has 1 amide bonds. The molecule has 0 saturated carbocycles. The highest BCUT2D eigenvalue weighted by Gasteiger charge is 2.34. The lowest BCUT2D eigenvalue weighted by molar-refractivity contribution is -0.128. The molecule has 2 aromatic heterocycles. The molecule has 2 fully saturated rings. The van der Waals surface area contributed by atoms with E-state index < -0.39 is 5.82 Å². The molecule has 6 rings (SSSR count). The van der Waals surface area contributed by atoms with Gasteiger partial charge in [-0.2, -0.15) is 10.1 Å². The summed E-state index contributed by atoms with van der Waals surface area (Å²) in [5.74, 6) is 0.538. The van der Waals surface area contributed by atoms with Crippen molar-refractivity contribution in [2.75, 3.05) is 56.6 Å². The number of rotatable bonds is 5. The molecule has 41 heavy (non-hydrogen) atoms. The molecule has 11 heteroatoms. The van der Waals surface area contributed by atoms with Crippen LogP contribution in [0.15, 0.2) is 37.1 Å². The molecule has 0 bridgehead atoms. The fraction of sp³-hybridized carbons (Fsp3) is 0.400. The molecule has 2 aliphatic heterocycles. The highest BCUT2D eigenvalue weighted by molar-refractivity contribution is 6.35. The summed E-state index contributed by atoms with van der Waals surface area (Å²) in [5, 5.41) is 6.15. The van der Waals surface area contributed by atoms with E-state index in [1.54, 1.807) is 21.8 Å². The Balaban J connectivity index is 1.53. The number of carbonyl (C=O) groups excluding carboxylic acids is 1. The van der Waals surface area contributed by atoms with E-state index in [1.165, 1.54) is 6.08 Å². The Morgan fingerprint density at radius 3 is 2.59 bits per heavy atom. The monoisotopic (exact) mass is 576 g/mol. The van der Waals surface area contributed by atoms with Crippen LogP contribution in [0, 0.1) is 12.7 Å². The van der Waals surface area contributed by atoms with Crippen molar-refractivity contribution in [3.63, 3.8) is 0 Å². The number of hydrogen-bond donors (Lipinski definition) is 0. The number of likely N-dealkylation sites (N-methyl/N-ethyl adjacent to an activating group) is 1. The number of carbonyl (C=O) groups is 1. The van der Waals surface area contributed by atoms with Gasteiger partial charge in [-0.25, -0.2) is 9.37 Å². The van der Waals surface area contributed by atoms with Gasteiger partial charge in [0.2, 0.25) is 11.9 Å². The van der Waals surface area contributed by atoms with Crippen molar-refractivity contribution in [1.82, 2.24) is 29.5 Å². The average Bonchev–Trinajstić information content (AvgIpc) is 3.28. The zero-order valence-corrected chi connectivity index (χ0v) is 24.8. The smallest absolute Gasteiger partial charge is 0.246 e. The number of aryl methyl sites for hydroxylation is 2. The molecular weight excluding hydrogens is 543 g/mol. The Morgan fingerprint density at radius 1 is 1.15 bits per heavy atom. The minimum absolute atomic E-state index is 0.0745. The van der Waals surface area contributed by atoms with Crippen LogP contribution in [0.2, 0.25) is 5.02 Å². The number of fused-ring (bicyclic) bond motifs is 2. The minimum Gasteiger partial charge on any atom is -0.352 e. The number of benzene rings is 2. The molecule has 0 unspecified atom stereocenters. The van der Waals surface area contributed by atoms with E-state index in [1.807, 2.05) is 33.0 Å². The molecule has 214 valence electrons. The van der Waals surface area contributed by atoms with E-state index in [-0.39, 0.29) is 22.5 Å². The topological polar surface area (TPSA) is 73.6 Å². The molecule has 0 radical (unpaired) electrons. The van der Waals surface area contributed by atoms with Gasteiger partial charge < -0.3 is 19.6 Å². The number of nitrogens with zero attached hydrogens (tertiary/aromatic N) is 8. The first-order chi connectivity index (χ1) is 19.6. The predicted molar refractivity (Wildman–Crippen MR) is 162 cm³/mol. The number of aromatic nitrogens is 4. The van der Waals surface area contributed by atoms with Crippen LogP contribution in [-0.4, -0.2) is 94.4 Å². The lowest BCUT2D eigenvalue weighted by Gasteiger charge is -2.43. The summed E-state index contributed by atoms with van der Waals surface area (Å²) < 4.78 is 18.6. The number of hydrogen-bond acceptors (Lipinski definition) is 7. The second kappa shape index (κ2) is 10.3. The lowest BCUT2D eigenvalue weighted by Crippen LogP contribution is -2.58. The first-order valence-electron chi connectivity index (χ1n) is 13.8. The van der Waals surface area contributed by atoms with Crippen LogP contribution in [0.3, 0.4) is 0 Å². The number of piperazine rings is 1. The van der Waals surface area contributed by atoms with E-state index in [9.17, 15) is 4.79 Å². The second-order valence-electron chi connectivity index (χ2n) is 11.3. The molecular formula is C30H34ClFN8O. The SMILES string of the molecule is C=CC(=O)N1CCN(c2nc(N3CC(N(C)C)C3)nc3c(F)c(-c4c(C)ccc5cnn(C)c45)c(Cl)cc23)C[C@H]1C. The molecule has 2 saturated heterocycles. The Hall–Kier alpha value is -3.76. The average molecular weight is 577 g/mol. The zero-order chi connectivity index (χ0) is 29.2. The zero-order valence-electron chi connectivity index (χ0n) is 24.0. The normalized spacial score (nSPS) is 18.0. The fourth-order valence-corrected chi connectivity index (χ4v) is 6.29. The summed E-state index contributed by atoms with van der Waals surface area (Å²) in [6, 6.07) is 6.03. The molecule has 2 aliphatic rings. The molecule has 4 aromatic rings. The van der Waals surface area contributed by atoms with Gasteiger partial charge in [0.25, 0.3) is 0 Å². The molecule has 4 heterocycles. The maximum absolute atomic E-state index is 16.9. The lowest BCUT2D eigenvalue weighted by atomic mass is 9.96. The third kappa shape index (κ3) is 4.49.